The summed E-state index contributed by atoms with van der Waals surface area (Å²) in [6.45, 7) is 9.46. The largest absolute Gasteiger partial charge is 0.311 e. The van der Waals surface area contributed by atoms with E-state index >= 15 is 0 Å². The molecule has 0 aliphatic carbocycles. The van der Waals surface area contributed by atoms with Gasteiger partial charge in [-0.25, -0.2) is 0 Å². The highest BCUT2D eigenvalue weighted by Crippen LogP contribution is 2.49. The molecular formula is C64H53BN4Si. The fourth-order valence-electron chi connectivity index (χ4n) is 11.1. The van der Waals surface area contributed by atoms with Crippen molar-refractivity contribution >= 4 is 110 Å². The van der Waals surface area contributed by atoms with Crippen molar-refractivity contribution in [1.29, 1.82) is 0 Å². The Labute approximate surface area is 414 Å². The molecule has 2 aliphatic rings. The van der Waals surface area contributed by atoms with E-state index in [0.717, 1.165) is 39.8 Å². The first-order chi connectivity index (χ1) is 34.3. The quantitative estimate of drug-likeness (QED) is 0.127. The van der Waals surface area contributed by atoms with Crippen LogP contribution in [0.2, 0.25) is 13.1 Å². The smallest absolute Gasteiger partial charge is 0.252 e. The zero-order valence-electron chi connectivity index (χ0n) is 40.0. The number of rotatable bonds is 10. The molecule has 2 heterocycles. The Bertz CT molecular complexity index is 3400. The first kappa shape index (κ1) is 43.0. The van der Waals surface area contributed by atoms with E-state index in [1.54, 1.807) is 0 Å². The highest BCUT2D eigenvalue weighted by molar-refractivity contribution is 7.05. The average molecular weight is 917 g/mol. The lowest BCUT2D eigenvalue weighted by Crippen LogP contribution is -2.65. The van der Waals surface area contributed by atoms with Crippen LogP contribution in [0.1, 0.15) is 11.1 Å². The molecule has 6 heteroatoms. The number of hydrogen-bond acceptors (Lipinski definition) is 4. The molecule has 10 aromatic carbocycles. The molecule has 4 nitrogen and oxygen atoms in total. The number of hydrogen-bond donors (Lipinski definition) is 0. The normalized spacial score (nSPS) is 12.5. The molecule has 0 aromatic heterocycles. The highest BCUT2D eigenvalue weighted by atomic mass is 28.3. The van der Waals surface area contributed by atoms with E-state index in [9.17, 15) is 0 Å². The third-order valence-electron chi connectivity index (χ3n) is 14.3. The number of para-hydroxylation sites is 5. The average Bonchev–Trinajstić information content (AvgIpc) is 3.41. The van der Waals surface area contributed by atoms with Gasteiger partial charge in [-0.05, 0) is 132 Å². The van der Waals surface area contributed by atoms with Crippen molar-refractivity contribution in [1.82, 2.24) is 0 Å². The Balaban J connectivity index is 1.28. The van der Waals surface area contributed by atoms with Crippen LogP contribution in [0.15, 0.2) is 249 Å². The maximum atomic E-state index is 2.64. The van der Waals surface area contributed by atoms with Gasteiger partial charge < -0.3 is 19.6 Å². The molecule has 10 aromatic rings. The van der Waals surface area contributed by atoms with Crippen molar-refractivity contribution in [2.24, 2.45) is 0 Å². The van der Waals surface area contributed by atoms with Crippen LogP contribution in [-0.2, 0) is 0 Å². The topological polar surface area (TPSA) is 13.0 Å². The van der Waals surface area contributed by atoms with Crippen molar-refractivity contribution < 1.29 is 0 Å². The number of nitrogens with zero attached hydrogens (tertiary/aromatic N) is 4. The number of aryl methyl sites for hydroxylation is 2. The molecule has 0 saturated heterocycles. The minimum Gasteiger partial charge on any atom is -0.311 e. The van der Waals surface area contributed by atoms with Gasteiger partial charge in [-0.3, -0.25) is 0 Å². The molecule has 0 radical (unpaired) electrons. The molecule has 0 saturated carbocycles. The number of anilines is 12. The van der Waals surface area contributed by atoms with Gasteiger partial charge >= 0.3 is 0 Å². The van der Waals surface area contributed by atoms with E-state index in [1.165, 1.54) is 66.3 Å². The molecule has 0 fully saturated rings. The summed E-state index contributed by atoms with van der Waals surface area (Å²) in [5.41, 5.74) is 20.1. The van der Waals surface area contributed by atoms with Crippen molar-refractivity contribution in [3.8, 4) is 0 Å². The fourth-order valence-corrected chi connectivity index (χ4v) is 14.1. The van der Waals surface area contributed by atoms with E-state index < -0.39 is 8.07 Å². The number of benzene rings is 10. The molecule has 0 atom stereocenters. The van der Waals surface area contributed by atoms with Crippen LogP contribution in [-0.4, -0.2) is 14.8 Å². The Kier molecular flexibility index (Phi) is 10.8. The molecule has 2 aliphatic heterocycles. The van der Waals surface area contributed by atoms with Gasteiger partial charge in [0.05, 0.1) is 0 Å². The monoisotopic (exact) mass is 916 g/mol. The fraction of sp³-hybridized carbons (Fsp3) is 0.0625. The van der Waals surface area contributed by atoms with E-state index in [-0.39, 0.29) is 6.71 Å². The van der Waals surface area contributed by atoms with Gasteiger partial charge in [0, 0.05) is 68.2 Å². The predicted molar refractivity (Wildman–Crippen MR) is 302 cm³/mol. The van der Waals surface area contributed by atoms with Crippen LogP contribution in [0.4, 0.5) is 68.2 Å². The maximum absolute atomic E-state index is 2.71. The SMILES string of the molecule is Cc1ccc(N2c3ccc(C)cc3B3c4ccc(N(c5ccccc5)c5ccccc5)cc4N(c4ccccc4)c4c3c2cc(N(c2ccccc2)c2ccccc2)c4[Si](C)(C)c2ccccc2)cc1. The zero-order valence-corrected chi connectivity index (χ0v) is 41.0. The van der Waals surface area contributed by atoms with E-state index in [0.29, 0.717) is 0 Å². The molecule has 0 N–H and O–H groups in total. The second-order valence-corrected chi connectivity index (χ2v) is 23.5. The van der Waals surface area contributed by atoms with Gasteiger partial charge in [0.15, 0.2) is 0 Å². The lowest BCUT2D eigenvalue weighted by atomic mass is 9.33. The molecule has 0 bridgehead atoms. The van der Waals surface area contributed by atoms with Crippen LogP contribution in [0, 0.1) is 13.8 Å². The molecular weight excluding hydrogens is 864 g/mol. The second kappa shape index (κ2) is 17.6. The number of fused-ring (bicyclic) bond motifs is 4. The lowest BCUT2D eigenvalue weighted by molar-refractivity contribution is 1.22. The summed E-state index contributed by atoms with van der Waals surface area (Å²) >= 11 is 0. The molecule has 12 rings (SSSR count). The lowest BCUT2D eigenvalue weighted by Gasteiger charge is -2.48. The molecule has 0 spiro atoms. The van der Waals surface area contributed by atoms with Crippen LogP contribution in [0.5, 0.6) is 0 Å². The van der Waals surface area contributed by atoms with Gasteiger partial charge in [-0.15, -0.1) is 0 Å². The van der Waals surface area contributed by atoms with Crippen LogP contribution in [0.3, 0.4) is 0 Å². The molecule has 0 unspecified atom stereocenters. The Morgan fingerprint density at radius 1 is 0.371 bits per heavy atom. The standard InChI is InChI=1S/C64H53BN4Si/c1-46-35-38-53(39-36-46)68-58-42-37-47(2)43-57(58)65-56-41-40-54(66(48-23-11-5-12-24-48)49-25-13-6-14-26-49)44-59(56)69(52-31-19-9-20-32-52)63-62(65)60(68)45-61(64(63)70(3,4)55-33-21-10-22-34-55)67(50-27-15-7-16-28-50)51-29-17-8-18-30-51/h5-45H,1-4H3. The minimum atomic E-state index is -2.71. The van der Waals surface area contributed by atoms with Crippen molar-refractivity contribution in [3.05, 3.63) is 260 Å². The highest BCUT2D eigenvalue weighted by Gasteiger charge is 2.48. The second-order valence-electron chi connectivity index (χ2n) is 19.1. The zero-order chi connectivity index (χ0) is 47.3. The summed E-state index contributed by atoms with van der Waals surface area (Å²) in [5.74, 6) is 0. The van der Waals surface area contributed by atoms with Gasteiger partial charge in [0.1, 0.15) is 8.07 Å². The van der Waals surface area contributed by atoms with Crippen molar-refractivity contribution in [2.45, 2.75) is 26.9 Å². The van der Waals surface area contributed by atoms with Crippen molar-refractivity contribution in [2.75, 3.05) is 19.6 Å². The van der Waals surface area contributed by atoms with E-state index in [2.05, 4.69) is 295 Å². The maximum Gasteiger partial charge on any atom is 0.252 e. The van der Waals surface area contributed by atoms with Crippen LogP contribution >= 0.6 is 0 Å². The molecule has 0 amide bonds. The Morgan fingerprint density at radius 3 is 1.41 bits per heavy atom. The summed E-state index contributed by atoms with van der Waals surface area (Å²) in [6, 6.07) is 92.0. The summed E-state index contributed by atoms with van der Waals surface area (Å²) in [6.07, 6.45) is 0. The van der Waals surface area contributed by atoms with E-state index in [1.807, 2.05) is 0 Å². The van der Waals surface area contributed by atoms with Gasteiger partial charge in [0.2, 0.25) is 0 Å². The third-order valence-corrected chi connectivity index (χ3v) is 17.9. The molecule has 70 heavy (non-hydrogen) atoms. The first-order valence-electron chi connectivity index (χ1n) is 24.4. The molecule has 336 valence electrons. The summed E-state index contributed by atoms with van der Waals surface area (Å²) in [4.78, 5) is 10.1. The summed E-state index contributed by atoms with van der Waals surface area (Å²) in [5, 5.41) is 2.75. The Morgan fingerprint density at radius 2 is 0.857 bits per heavy atom. The summed E-state index contributed by atoms with van der Waals surface area (Å²) < 4.78 is 0. The van der Waals surface area contributed by atoms with E-state index in [4.69, 9.17) is 0 Å². The van der Waals surface area contributed by atoms with Gasteiger partial charge in [-0.1, -0.05) is 181 Å². The minimum absolute atomic E-state index is 0.0808. The predicted octanol–water partition coefficient (Wildman–Crippen LogP) is 14.1. The summed E-state index contributed by atoms with van der Waals surface area (Å²) in [7, 11) is -2.71. The van der Waals surface area contributed by atoms with Crippen LogP contribution < -0.4 is 46.4 Å². The first-order valence-corrected chi connectivity index (χ1v) is 27.4. The third kappa shape index (κ3) is 7.31. The van der Waals surface area contributed by atoms with Gasteiger partial charge in [0.25, 0.3) is 6.71 Å². The van der Waals surface area contributed by atoms with Crippen LogP contribution in [0.25, 0.3) is 0 Å². The van der Waals surface area contributed by atoms with Gasteiger partial charge in [-0.2, -0.15) is 0 Å². The Hall–Kier alpha value is -8.32. The van der Waals surface area contributed by atoms with Crippen molar-refractivity contribution in [3.63, 3.8) is 0 Å².